The molecule has 0 atom stereocenters. The molecule has 1 aliphatic heterocycles. The highest BCUT2D eigenvalue weighted by Crippen LogP contribution is 2.37. The van der Waals surface area contributed by atoms with Crippen molar-refractivity contribution in [3.63, 3.8) is 0 Å². The predicted molar refractivity (Wildman–Crippen MR) is 59.0 cm³/mol. The normalized spacial score (nSPS) is 14.8. The van der Waals surface area contributed by atoms with Crippen molar-refractivity contribution in [2.24, 2.45) is 5.73 Å². The molecule has 5 heteroatoms. The van der Waals surface area contributed by atoms with E-state index in [0.717, 1.165) is 29.1 Å². The maximum Gasteiger partial charge on any atom is 0.251 e. The van der Waals surface area contributed by atoms with Crippen molar-refractivity contribution in [3.05, 3.63) is 28.0 Å². The van der Waals surface area contributed by atoms with Crippen LogP contribution >= 0.6 is 23.4 Å². The lowest BCUT2D eigenvalue weighted by Crippen LogP contribution is -2.16. The van der Waals surface area contributed by atoms with Gasteiger partial charge in [-0.05, 0) is 30.2 Å². The number of halogens is 2. The van der Waals surface area contributed by atoms with E-state index < -0.39 is 11.7 Å². The smallest absolute Gasteiger partial charge is 0.251 e. The Morgan fingerprint density at radius 1 is 1.60 bits per heavy atom. The number of rotatable bonds is 1. The lowest BCUT2D eigenvalue weighted by atomic mass is 10.0. The molecule has 1 aromatic rings. The summed E-state index contributed by atoms with van der Waals surface area (Å²) >= 11 is 7.25. The van der Waals surface area contributed by atoms with Gasteiger partial charge in [0.25, 0.3) is 5.91 Å². The average molecular weight is 246 g/mol. The van der Waals surface area contributed by atoms with Crippen LogP contribution in [0.5, 0.6) is 0 Å². The van der Waals surface area contributed by atoms with Crippen LogP contribution in [-0.2, 0) is 6.42 Å². The second-order valence-corrected chi connectivity index (χ2v) is 4.84. The zero-order valence-electron chi connectivity index (χ0n) is 7.85. The third-order valence-corrected chi connectivity index (χ3v) is 3.95. The van der Waals surface area contributed by atoms with E-state index in [1.165, 1.54) is 17.8 Å². The van der Waals surface area contributed by atoms with Gasteiger partial charge in [0, 0.05) is 4.90 Å². The summed E-state index contributed by atoms with van der Waals surface area (Å²) in [6.07, 6.45) is 1.76. The molecule has 1 amide bonds. The van der Waals surface area contributed by atoms with Gasteiger partial charge in [0.05, 0.1) is 10.6 Å². The van der Waals surface area contributed by atoms with Crippen LogP contribution < -0.4 is 5.73 Å². The molecule has 0 spiro atoms. The molecule has 1 heterocycles. The SMILES string of the molecule is NC(=O)c1c(Cl)c(F)cc2c1SCCC2. The molecule has 0 aliphatic carbocycles. The number of amides is 1. The van der Waals surface area contributed by atoms with Crippen LogP contribution in [-0.4, -0.2) is 11.7 Å². The average Bonchev–Trinajstić information content (AvgIpc) is 2.19. The van der Waals surface area contributed by atoms with Gasteiger partial charge in [-0.1, -0.05) is 11.6 Å². The number of nitrogens with two attached hydrogens (primary N) is 1. The molecule has 0 saturated carbocycles. The summed E-state index contributed by atoms with van der Waals surface area (Å²) in [6, 6.07) is 1.40. The minimum absolute atomic E-state index is 0.136. The van der Waals surface area contributed by atoms with Crippen molar-refractivity contribution in [2.75, 3.05) is 5.75 Å². The number of carbonyl (C=O) groups excluding carboxylic acids is 1. The van der Waals surface area contributed by atoms with Crippen LogP contribution in [0.25, 0.3) is 0 Å². The summed E-state index contributed by atoms with van der Waals surface area (Å²) in [5.74, 6) is -0.313. The Bertz CT molecular complexity index is 436. The molecule has 0 radical (unpaired) electrons. The number of carbonyl (C=O) groups is 1. The van der Waals surface area contributed by atoms with Crippen molar-refractivity contribution in [1.82, 2.24) is 0 Å². The second-order valence-electron chi connectivity index (χ2n) is 3.35. The number of hydrogen-bond donors (Lipinski definition) is 1. The van der Waals surface area contributed by atoms with Crippen molar-refractivity contribution >= 4 is 29.3 Å². The van der Waals surface area contributed by atoms with Gasteiger partial charge in [-0.3, -0.25) is 4.79 Å². The van der Waals surface area contributed by atoms with Crippen LogP contribution in [0.15, 0.2) is 11.0 Å². The maximum atomic E-state index is 13.4. The Hall–Kier alpha value is -0.740. The molecule has 0 fully saturated rings. The first-order valence-electron chi connectivity index (χ1n) is 4.54. The fraction of sp³-hybridized carbons (Fsp3) is 0.300. The summed E-state index contributed by atoms with van der Waals surface area (Å²) < 4.78 is 13.4. The molecule has 2 rings (SSSR count). The Labute approximate surface area is 96.0 Å². The number of fused-ring (bicyclic) bond motifs is 1. The first-order valence-corrected chi connectivity index (χ1v) is 5.91. The summed E-state index contributed by atoms with van der Waals surface area (Å²) in [4.78, 5) is 12.0. The predicted octanol–water partition coefficient (Wildman–Crippen LogP) is 2.62. The maximum absolute atomic E-state index is 13.4. The number of benzene rings is 1. The van der Waals surface area contributed by atoms with Crippen molar-refractivity contribution < 1.29 is 9.18 Å². The molecule has 0 saturated heterocycles. The van der Waals surface area contributed by atoms with Crippen molar-refractivity contribution in [2.45, 2.75) is 17.7 Å². The first-order chi connectivity index (χ1) is 7.11. The van der Waals surface area contributed by atoms with Gasteiger partial charge in [-0.2, -0.15) is 0 Å². The first kappa shape index (κ1) is 10.8. The molecule has 0 unspecified atom stereocenters. The summed E-state index contributed by atoms with van der Waals surface area (Å²) in [5, 5.41) is -0.157. The van der Waals surface area contributed by atoms with Crippen molar-refractivity contribution in [1.29, 1.82) is 0 Å². The molecule has 2 N–H and O–H groups in total. The molecule has 2 nitrogen and oxygen atoms in total. The largest absolute Gasteiger partial charge is 0.366 e. The zero-order valence-corrected chi connectivity index (χ0v) is 9.42. The van der Waals surface area contributed by atoms with Gasteiger partial charge < -0.3 is 5.73 Å². The topological polar surface area (TPSA) is 43.1 Å². The zero-order chi connectivity index (χ0) is 11.0. The summed E-state index contributed by atoms with van der Waals surface area (Å²) in [5.41, 5.74) is 6.17. The molecular formula is C10H9ClFNOS. The van der Waals surface area contributed by atoms with Crippen LogP contribution in [0.1, 0.15) is 22.3 Å². The second kappa shape index (κ2) is 4.02. The van der Waals surface area contributed by atoms with Gasteiger partial charge in [0.2, 0.25) is 0 Å². The summed E-state index contributed by atoms with van der Waals surface area (Å²) in [6.45, 7) is 0. The van der Waals surface area contributed by atoms with Crippen LogP contribution in [0, 0.1) is 5.82 Å². The van der Waals surface area contributed by atoms with E-state index in [0.29, 0.717) is 0 Å². The molecule has 80 valence electrons. The fourth-order valence-electron chi connectivity index (χ4n) is 1.67. The quantitative estimate of drug-likeness (QED) is 0.827. The molecule has 0 bridgehead atoms. The van der Waals surface area contributed by atoms with Gasteiger partial charge in [0.15, 0.2) is 0 Å². The van der Waals surface area contributed by atoms with Gasteiger partial charge in [-0.15, -0.1) is 11.8 Å². The highest BCUT2D eigenvalue weighted by atomic mass is 35.5. The third kappa shape index (κ3) is 1.84. The van der Waals surface area contributed by atoms with Gasteiger partial charge in [0.1, 0.15) is 5.82 Å². The lowest BCUT2D eigenvalue weighted by Gasteiger charge is -2.18. The van der Waals surface area contributed by atoms with Gasteiger partial charge in [-0.25, -0.2) is 4.39 Å². The van der Waals surface area contributed by atoms with E-state index in [2.05, 4.69) is 0 Å². The Morgan fingerprint density at radius 3 is 3.00 bits per heavy atom. The van der Waals surface area contributed by atoms with E-state index in [9.17, 15) is 9.18 Å². The molecule has 15 heavy (non-hydrogen) atoms. The standard InChI is InChI=1S/C10H9ClFNOS/c11-8-6(12)4-5-2-1-3-15-9(5)7(8)10(13)14/h4H,1-3H2,(H2,13,14). The van der Waals surface area contributed by atoms with Crippen LogP contribution in [0.2, 0.25) is 5.02 Å². The number of thioether (sulfide) groups is 1. The Morgan fingerprint density at radius 2 is 2.33 bits per heavy atom. The third-order valence-electron chi connectivity index (χ3n) is 2.33. The Balaban J connectivity index is 2.68. The van der Waals surface area contributed by atoms with E-state index in [4.69, 9.17) is 17.3 Å². The lowest BCUT2D eigenvalue weighted by molar-refractivity contribution is 0.0997. The fourth-order valence-corrected chi connectivity index (χ4v) is 3.15. The Kier molecular flexibility index (Phi) is 2.89. The summed E-state index contributed by atoms with van der Waals surface area (Å²) in [7, 11) is 0. The number of aryl methyl sites for hydroxylation is 1. The van der Waals surface area contributed by atoms with E-state index in [-0.39, 0.29) is 10.6 Å². The van der Waals surface area contributed by atoms with Crippen LogP contribution in [0.3, 0.4) is 0 Å². The molecular weight excluding hydrogens is 237 g/mol. The highest BCUT2D eigenvalue weighted by Gasteiger charge is 2.22. The van der Waals surface area contributed by atoms with Gasteiger partial charge >= 0.3 is 0 Å². The van der Waals surface area contributed by atoms with E-state index in [1.807, 2.05) is 0 Å². The number of hydrogen-bond acceptors (Lipinski definition) is 2. The molecule has 1 aliphatic rings. The molecule has 0 aromatic heterocycles. The molecule has 1 aromatic carbocycles. The monoisotopic (exact) mass is 245 g/mol. The minimum atomic E-state index is -0.662. The van der Waals surface area contributed by atoms with Crippen LogP contribution in [0.4, 0.5) is 4.39 Å². The number of primary amides is 1. The van der Waals surface area contributed by atoms with Crippen molar-refractivity contribution in [3.8, 4) is 0 Å². The highest BCUT2D eigenvalue weighted by molar-refractivity contribution is 7.99. The minimum Gasteiger partial charge on any atom is -0.366 e. The van der Waals surface area contributed by atoms with E-state index >= 15 is 0 Å². The van der Waals surface area contributed by atoms with E-state index in [1.54, 1.807) is 0 Å².